The number of nitrogens with zero attached hydrogens (tertiary/aromatic N) is 2. The number of nitro benzene ring substituents is 1. The molecule has 7 heteroatoms. The van der Waals surface area contributed by atoms with Crippen molar-refractivity contribution in [3.8, 4) is 0 Å². The Morgan fingerprint density at radius 1 is 1.44 bits per heavy atom. The fourth-order valence-corrected chi connectivity index (χ4v) is 2.92. The zero-order chi connectivity index (χ0) is 13.3. The summed E-state index contributed by atoms with van der Waals surface area (Å²) >= 11 is 6.65. The molecule has 1 aromatic rings. The highest BCUT2D eigenvalue weighted by molar-refractivity contribution is 9.10. The van der Waals surface area contributed by atoms with Crippen LogP contribution in [0.2, 0.25) is 0 Å². The molecule has 2 rings (SSSR count). The fourth-order valence-electron chi connectivity index (χ4n) is 1.89. The third-order valence-electron chi connectivity index (χ3n) is 2.80. The molecule has 0 saturated carbocycles. The van der Waals surface area contributed by atoms with Gasteiger partial charge in [0.05, 0.1) is 15.4 Å². The van der Waals surface area contributed by atoms with Crippen molar-refractivity contribution in [2.75, 3.05) is 11.4 Å². The van der Waals surface area contributed by atoms with Crippen LogP contribution in [0, 0.1) is 10.1 Å². The second-order valence-electron chi connectivity index (χ2n) is 3.99. The maximum atomic E-state index is 12.0. The number of amides is 1. The Kier molecular flexibility index (Phi) is 4.01. The first-order valence-electron chi connectivity index (χ1n) is 5.40. The Morgan fingerprint density at radius 2 is 2.17 bits per heavy atom. The molecule has 1 amide bonds. The van der Waals surface area contributed by atoms with Crippen molar-refractivity contribution in [3.05, 3.63) is 32.8 Å². The normalized spacial score (nSPS) is 20.0. The van der Waals surface area contributed by atoms with Crippen LogP contribution in [0.25, 0.3) is 0 Å². The van der Waals surface area contributed by atoms with Crippen LogP contribution in [0.1, 0.15) is 12.8 Å². The van der Waals surface area contributed by atoms with E-state index in [-0.39, 0.29) is 16.4 Å². The van der Waals surface area contributed by atoms with Crippen LogP contribution in [-0.2, 0) is 4.79 Å². The van der Waals surface area contributed by atoms with E-state index in [9.17, 15) is 14.9 Å². The SMILES string of the molecule is O=C1C(Br)CCCN1c1cc([N+](=O)[O-])ccc1Br. The molecule has 0 spiro atoms. The van der Waals surface area contributed by atoms with Gasteiger partial charge in [0.1, 0.15) is 0 Å². The topological polar surface area (TPSA) is 63.5 Å². The van der Waals surface area contributed by atoms with Crippen LogP contribution in [0.5, 0.6) is 0 Å². The van der Waals surface area contributed by atoms with Gasteiger partial charge in [-0.05, 0) is 34.8 Å². The number of rotatable bonds is 2. The van der Waals surface area contributed by atoms with Crippen LogP contribution >= 0.6 is 31.9 Å². The highest BCUT2D eigenvalue weighted by Gasteiger charge is 2.29. The fraction of sp³-hybridized carbons (Fsp3) is 0.364. The summed E-state index contributed by atoms with van der Waals surface area (Å²) in [5.74, 6) is -0.0533. The van der Waals surface area contributed by atoms with Crippen molar-refractivity contribution >= 4 is 49.1 Å². The summed E-state index contributed by atoms with van der Waals surface area (Å²) in [4.78, 5) is 23.7. The molecule has 0 aliphatic carbocycles. The first-order chi connectivity index (χ1) is 8.50. The quantitative estimate of drug-likeness (QED) is 0.451. The molecule has 18 heavy (non-hydrogen) atoms. The Bertz CT molecular complexity index is 507. The number of halogens is 2. The van der Waals surface area contributed by atoms with Crippen molar-refractivity contribution in [3.63, 3.8) is 0 Å². The Labute approximate surface area is 121 Å². The number of carbonyl (C=O) groups is 1. The highest BCUT2D eigenvalue weighted by Crippen LogP contribution is 2.33. The monoisotopic (exact) mass is 376 g/mol. The van der Waals surface area contributed by atoms with Gasteiger partial charge in [0, 0.05) is 23.2 Å². The molecule has 5 nitrogen and oxygen atoms in total. The van der Waals surface area contributed by atoms with Crippen LogP contribution in [-0.4, -0.2) is 22.2 Å². The standard InChI is InChI=1S/C11H10Br2N2O3/c12-8-4-3-7(15(17)18)6-10(8)14-5-1-2-9(13)11(14)16/h3-4,6,9H,1-2,5H2. The molecule has 0 bridgehead atoms. The first-order valence-corrected chi connectivity index (χ1v) is 7.11. The molecular weight excluding hydrogens is 368 g/mol. The average Bonchev–Trinajstić information content (AvgIpc) is 2.33. The van der Waals surface area contributed by atoms with Gasteiger partial charge in [0.2, 0.25) is 5.91 Å². The highest BCUT2D eigenvalue weighted by atomic mass is 79.9. The molecule has 1 unspecified atom stereocenters. The Hall–Kier alpha value is -0.950. The predicted molar refractivity (Wildman–Crippen MR) is 75.1 cm³/mol. The van der Waals surface area contributed by atoms with E-state index in [0.29, 0.717) is 16.7 Å². The van der Waals surface area contributed by atoms with Crippen molar-refractivity contribution in [1.29, 1.82) is 0 Å². The van der Waals surface area contributed by atoms with E-state index in [2.05, 4.69) is 31.9 Å². The van der Waals surface area contributed by atoms with E-state index < -0.39 is 4.92 Å². The summed E-state index contributed by atoms with van der Waals surface area (Å²) < 4.78 is 0.683. The van der Waals surface area contributed by atoms with Crippen molar-refractivity contribution in [2.24, 2.45) is 0 Å². The van der Waals surface area contributed by atoms with Gasteiger partial charge in [-0.2, -0.15) is 0 Å². The summed E-state index contributed by atoms with van der Waals surface area (Å²) in [7, 11) is 0. The third kappa shape index (κ3) is 2.56. The lowest BCUT2D eigenvalue weighted by atomic mass is 10.1. The van der Waals surface area contributed by atoms with Crippen LogP contribution in [0.4, 0.5) is 11.4 Å². The predicted octanol–water partition coefficient (Wildman–Crippen LogP) is 3.25. The van der Waals surface area contributed by atoms with E-state index in [1.165, 1.54) is 12.1 Å². The summed E-state index contributed by atoms with van der Waals surface area (Å²) in [6.45, 7) is 0.584. The summed E-state index contributed by atoms with van der Waals surface area (Å²) in [6.07, 6.45) is 1.67. The number of non-ortho nitro benzene ring substituents is 1. The minimum Gasteiger partial charge on any atom is -0.310 e. The largest absolute Gasteiger partial charge is 0.310 e. The number of carbonyl (C=O) groups excluding carboxylic acids is 1. The number of hydrogen-bond donors (Lipinski definition) is 0. The molecule has 1 aromatic carbocycles. The number of benzene rings is 1. The van der Waals surface area contributed by atoms with Gasteiger partial charge in [-0.25, -0.2) is 0 Å². The summed E-state index contributed by atoms with van der Waals surface area (Å²) in [5, 5.41) is 10.8. The maximum absolute atomic E-state index is 12.0. The van der Waals surface area contributed by atoms with Crippen LogP contribution < -0.4 is 4.90 Å². The number of anilines is 1. The van der Waals surface area contributed by atoms with E-state index in [1.807, 2.05) is 0 Å². The number of alkyl halides is 1. The van der Waals surface area contributed by atoms with E-state index in [0.717, 1.165) is 12.8 Å². The zero-order valence-corrected chi connectivity index (χ0v) is 12.5. The van der Waals surface area contributed by atoms with Crippen LogP contribution in [0.15, 0.2) is 22.7 Å². The van der Waals surface area contributed by atoms with E-state index in [1.54, 1.807) is 11.0 Å². The maximum Gasteiger partial charge on any atom is 0.271 e. The molecule has 1 atom stereocenters. The molecule has 96 valence electrons. The first kappa shape index (κ1) is 13.5. The molecule has 1 fully saturated rings. The smallest absolute Gasteiger partial charge is 0.271 e. The molecular formula is C11H10Br2N2O3. The van der Waals surface area contributed by atoms with Gasteiger partial charge in [0.25, 0.3) is 5.69 Å². The second kappa shape index (κ2) is 5.36. The van der Waals surface area contributed by atoms with Gasteiger partial charge in [-0.1, -0.05) is 15.9 Å². The zero-order valence-electron chi connectivity index (χ0n) is 9.31. The lowest BCUT2D eigenvalue weighted by molar-refractivity contribution is -0.384. The average molecular weight is 378 g/mol. The molecule has 0 radical (unpaired) electrons. The van der Waals surface area contributed by atoms with E-state index >= 15 is 0 Å². The Balaban J connectivity index is 2.40. The minimum atomic E-state index is -0.462. The lowest BCUT2D eigenvalue weighted by Gasteiger charge is -2.30. The molecule has 1 aliphatic heterocycles. The number of hydrogen-bond acceptors (Lipinski definition) is 3. The Morgan fingerprint density at radius 3 is 2.83 bits per heavy atom. The van der Waals surface area contributed by atoms with Gasteiger partial charge < -0.3 is 4.90 Å². The van der Waals surface area contributed by atoms with Crippen molar-refractivity contribution < 1.29 is 9.72 Å². The molecule has 1 aliphatic rings. The van der Waals surface area contributed by atoms with Gasteiger partial charge in [0.15, 0.2) is 0 Å². The molecule has 1 saturated heterocycles. The lowest BCUT2D eigenvalue weighted by Crippen LogP contribution is -2.42. The number of piperidine rings is 1. The summed E-state index contributed by atoms with van der Waals surface area (Å²) in [6, 6.07) is 4.43. The van der Waals surface area contributed by atoms with Crippen LogP contribution in [0.3, 0.4) is 0 Å². The summed E-state index contributed by atoms with van der Waals surface area (Å²) in [5.41, 5.74) is 0.538. The van der Waals surface area contributed by atoms with Gasteiger partial charge in [-0.15, -0.1) is 0 Å². The van der Waals surface area contributed by atoms with Crippen molar-refractivity contribution in [2.45, 2.75) is 17.7 Å². The molecule has 0 N–H and O–H groups in total. The van der Waals surface area contributed by atoms with E-state index in [4.69, 9.17) is 0 Å². The minimum absolute atomic E-state index is 0.0160. The molecule has 0 aromatic heterocycles. The molecule has 1 heterocycles. The van der Waals surface area contributed by atoms with Gasteiger partial charge in [-0.3, -0.25) is 14.9 Å². The third-order valence-corrected chi connectivity index (χ3v) is 4.32. The second-order valence-corrected chi connectivity index (χ2v) is 5.95. The number of nitro groups is 1. The van der Waals surface area contributed by atoms with Crippen molar-refractivity contribution in [1.82, 2.24) is 0 Å². The van der Waals surface area contributed by atoms with Gasteiger partial charge >= 0.3 is 0 Å².